The van der Waals surface area contributed by atoms with Crippen LogP contribution in [0.5, 0.6) is 0 Å². The Bertz CT molecular complexity index is 1190. The zero-order chi connectivity index (χ0) is 26.6. The van der Waals surface area contributed by atoms with Gasteiger partial charge in [0.2, 0.25) is 3.79 Å². The number of anilines is 2. The summed E-state index contributed by atoms with van der Waals surface area (Å²) < 4.78 is 60.5. The number of sulfone groups is 1. The molecule has 0 saturated carbocycles. The number of amides is 1. The molecule has 0 spiro atoms. The molecule has 4 N–H and O–H groups in total. The number of carbonyl (C=O) groups excluding carboxylic acids is 1. The SMILES string of the molecule is CCNc1ccc(S(=O)(=O)C(F)(F)F)cc1NC(=S)NC(NC(=O)c1ccc(Cl)cc1)C(Cl)(Cl)Cl. The molecule has 16 heteroatoms. The van der Waals surface area contributed by atoms with Crippen LogP contribution in [0.4, 0.5) is 24.5 Å². The summed E-state index contributed by atoms with van der Waals surface area (Å²) in [6, 6.07) is 8.51. The average Bonchev–Trinajstić information content (AvgIpc) is 2.73. The van der Waals surface area contributed by atoms with Crippen molar-refractivity contribution in [2.45, 2.75) is 27.3 Å². The van der Waals surface area contributed by atoms with E-state index in [0.29, 0.717) is 11.6 Å². The Morgan fingerprint density at radius 2 is 1.63 bits per heavy atom. The molecule has 0 saturated heterocycles. The van der Waals surface area contributed by atoms with Gasteiger partial charge in [0.1, 0.15) is 6.17 Å². The largest absolute Gasteiger partial charge is 0.501 e. The third kappa shape index (κ3) is 7.89. The molecule has 2 aromatic rings. The number of alkyl halides is 6. The summed E-state index contributed by atoms with van der Waals surface area (Å²) in [4.78, 5) is 11.5. The molecule has 2 rings (SSSR count). The second-order valence-electron chi connectivity index (χ2n) is 6.74. The molecule has 0 aliphatic heterocycles. The van der Waals surface area contributed by atoms with Crippen molar-refractivity contribution in [3.05, 3.63) is 53.1 Å². The molecule has 0 heterocycles. The van der Waals surface area contributed by atoms with E-state index < -0.39 is 36.1 Å². The summed E-state index contributed by atoms with van der Waals surface area (Å²) >= 11 is 28.8. The Hall–Kier alpha value is -1.70. The van der Waals surface area contributed by atoms with Crippen molar-refractivity contribution in [1.29, 1.82) is 0 Å². The first-order valence-electron chi connectivity index (χ1n) is 9.46. The molecule has 0 aliphatic carbocycles. The number of hydrogen-bond donors (Lipinski definition) is 4. The van der Waals surface area contributed by atoms with E-state index in [1.54, 1.807) is 6.92 Å². The topological polar surface area (TPSA) is 99.3 Å². The predicted octanol–water partition coefficient (Wildman–Crippen LogP) is 5.48. The fourth-order valence-corrected chi connectivity index (χ4v) is 4.05. The molecule has 0 fully saturated rings. The third-order valence-corrected chi connectivity index (χ3v) is 6.82. The van der Waals surface area contributed by atoms with Crippen molar-refractivity contribution in [3.63, 3.8) is 0 Å². The number of thiocarbonyl (C=S) groups is 1. The second-order valence-corrected chi connectivity index (χ2v) is 11.9. The molecule has 0 bridgehead atoms. The maximum atomic E-state index is 13.0. The van der Waals surface area contributed by atoms with E-state index >= 15 is 0 Å². The van der Waals surface area contributed by atoms with Gasteiger partial charge < -0.3 is 21.3 Å². The fraction of sp³-hybridized carbons (Fsp3) is 0.263. The van der Waals surface area contributed by atoms with E-state index in [4.69, 9.17) is 58.6 Å². The molecule has 0 aromatic heterocycles. The van der Waals surface area contributed by atoms with Gasteiger partial charge in [-0.3, -0.25) is 4.79 Å². The first-order valence-corrected chi connectivity index (χ1v) is 12.9. The molecular weight excluding hydrogens is 595 g/mol. The van der Waals surface area contributed by atoms with Crippen LogP contribution in [0.1, 0.15) is 17.3 Å². The lowest BCUT2D eigenvalue weighted by atomic mass is 10.2. The van der Waals surface area contributed by atoms with Gasteiger partial charge in [-0.15, -0.1) is 0 Å². The van der Waals surface area contributed by atoms with Crippen LogP contribution in [-0.4, -0.2) is 41.4 Å². The minimum Gasteiger partial charge on any atom is -0.384 e. The molecule has 1 atom stereocenters. The molecule has 0 aliphatic rings. The van der Waals surface area contributed by atoms with Gasteiger partial charge in [-0.1, -0.05) is 46.4 Å². The van der Waals surface area contributed by atoms with Crippen LogP contribution in [0, 0.1) is 0 Å². The van der Waals surface area contributed by atoms with E-state index in [-0.39, 0.29) is 22.1 Å². The number of carbonyl (C=O) groups is 1. The second kappa shape index (κ2) is 11.6. The van der Waals surface area contributed by atoms with E-state index in [0.717, 1.165) is 18.2 Å². The van der Waals surface area contributed by atoms with Crippen molar-refractivity contribution < 1.29 is 26.4 Å². The summed E-state index contributed by atoms with van der Waals surface area (Å²) in [6.07, 6.45) is -1.40. The van der Waals surface area contributed by atoms with Gasteiger partial charge >= 0.3 is 5.51 Å². The zero-order valence-corrected chi connectivity index (χ0v) is 22.2. The zero-order valence-electron chi connectivity index (χ0n) is 17.5. The Kier molecular flexibility index (Phi) is 9.76. The summed E-state index contributed by atoms with van der Waals surface area (Å²) in [5.74, 6) is -0.653. The third-order valence-electron chi connectivity index (χ3n) is 4.21. The Morgan fingerprint density at radius 3 is 2.14 bits per heavy atom. The minimum atomic E-state index is -5.62. The summed E-state index contributed by atoms with van der Waals surface area (Å²) in [5, 5.41) is 10.5. The monoisotopic (exact) mass is 610 g/mol. The highest BCUT2D eigenvalue weighted by Gasteiger charge is 2.47. The van der Waals surface area contributed by atoms with Crippen LogP contribution < -0.4 is 21.3 Å². The Labute approximate surface area is 224 Å². The first kappa shape index (κ1) is 29.5. The maximum absolute atomic E-state index is 13.0. The van der Waals surface area contributed by atoms with Crippen molar-refractivity contribution in [3.8, 4) is 0 Å². The lowest BCUT2D eigenvalue weighted by molar-refractivity contribution is -0.0436. The van der Waals surface area contributed by atoms with Gasteiger partial charge in [0.05, 0.1) is 16.3 Å². The van der Waals surface area contributed by atoms with Gasteiger partial charge in [-0.25, -0.2) is 8.42 Å². The van der Waals surface area contributed by atoms with Gasteiger partial charge in [0, 0.05) is 17.1 Å². The van der Waals surface area contributed by atoms with Crippen LogP contribution in [-0.2, 0) is 9.84 Å². The summed E-state index contributed by atoms with van der Waals surface area (Å²) in [7, 11) is -5.62. The quantitative estimate of drug-likeness (QED) is 0.187. The van der Waals surface area contributed by atoms with Crippen LogP contribution in [0.2, 0.25) is 5.02 Å². The number of rotatable bonds is 7. The predicted molar refractivity (Wildman–Crippen MR) is 136 cm³/mol. The first-order chi connectivity index (χ1) is 16.1. The normalized spacial score (nSPS) is 13.0. The lowest BCUT2D eigenvalue weighted by Gasteiger charge is -2.28. The standard InChI is InChI=1S/C19H17Cl4F3N4O3S2/c1-2-27-13-8-7-12(35(32,33)19(24,25)26)9-14(13)28-17(34)30-16(18(21,22)23)29-15(31)10-3-5-11(20)6-4-10/h3-9,16,27H,2H2,1H3,(H,29,31)(H2,28,30,34). The highest BCUT2D eigenvalue weighted by Crippen LogP contribution is 2.34. The van der Waals surface area contributed by atoms with E-state index in [1.807, 2.05) is 0 Å². The maximum Gasteiger partial charge on any atom is 0.501 e. The smallest absolute Gasteiger partial charge is 0.384 e. The highest BCUT2D eigenvalue weighted by atomic mass is 35.6. The van der Waals surface area contributed by atoms with Crippen LogP contribution in [0.3, 0.4) is 0 Å². The number of halogens is 7. The summed E-state index contributed by atoms with van der Waals surface area (Å²) in [6.45, 7) is 2.07. The molecule has 1 unspecified atom stereocenters. The number of hydrogen-bond acceptors (Lipinski definition) is 5. The van der Waals surface area contributed by atoms with Gasteiger partial charge in [0.25, 0.3) is 15.7 Å². The average molecular weight is 612 g/mol. The lowest BCUT2D eigenvalue weighted by Crippen LogP contribution is -2.56. The van der Waals surface area contributed by atoms with Crippen LogP contribution >= 0.6 is 58.6 Å². The van der Waals surface area contributed by atoms with E-state index in [9.17, 15) is 26.4 Å². The van der Waals surface area contributed by atoms with Crippen molar-refractivity contribution >= 4 is 90.9 Å². The summed E-state index contributed by atoms with van der Waals surface area (Å²) in [5.41, 5.74) is -5.18. The molecule has 0 radical (unpaired) electrons. The van der Waals surface area contributed by atoms with Crippen molar-refractivity contribution in [1.82, 2.24) is 10.6 Å². The van der Waals surface area contributed by atoms with Gasteiger partial charge in [-0.2, -0.15) is 13.2 Å². The van der Waals surface area contributed by atoms with Gasteiger partial charge in [-0.05, 0) is 61.6 Å². The van der Waals surface area contributed by atoms with Crippen molar-refractivity contribution in [2.24, 2.45) is 0 Å². The highest BCUT2D eigenvalue weighted by molar-refractivity contribution is 7.92. The molecule has 192 valence electrons. The van der Waals surface area contributed by atoms with E-state index in [2.05, 4.69) is 21.3 Å². The Morgan fingerprint density at radius 1 is 1.03 bits per heavy atom. The molecular formula is C19H17Cl4F3N4O3S2. The van der Waals surface area contributed by atoms with Crippen molar-refractivity contribution in [2.75, 3.05) is 17.2 Å². The van der Waals surface area contributed by atoms with E-state index in [1.165, 1.54) is 24.3 Å². The number of benzene rings is 2. The van der Waals surface area contributed by atoms with Crippen LogP contribution in [0.15, 0.2) is 47.4 Å². The number of nitrogens with one attached hydrogen (secondary N) is 4. The van der Waals surface area contributed by atoms with Gasteiger partial charge in [0.15, 0.2) is 5.11 Å². The molecule has 2 aromatic carbocycles. The van der Waals surface area contributed by atoms with Crippen LogP contribution in [0.25, 0.3) is 0 Å². The fourth-order valence-electron chi connectivity index (χ4n) is 2.58. The molecule has 7 nitrogen and oxygen atoms in total. The minimum absolute atomic E-state index is 0.109. The molecule has 1 amide bonds. The molecule has 35 heavy (non-hydrogen) atoms. The Balaban J connectivity index is 2.29.